The summed E-state index contributed by atoms with van der Waals surface area (Å²) in [6, 6.07) is 5.14. The summed E-state index contributed by atoms with van der Waals surface area (Å²) < 4.78 is 16.2. The van der Waals surface area contributed by atoms with Crippen molar-refractivity contribution in [2.75, 3.05) is 6.61 Å². The van der Waals surface area contributed by atoms with E-state index in [9.17, 15) is 40.5 Å². The molecule has 4 rings (SSSR count). The molecular formula is C20H18O11. The van der Waals surface area contributed by atoms with E-state index in [0.29, 0.717) is 0 Å². The lowest BCUT2D eigenvalue weighted by Gasteiger charge is -2.34. The van der Waals surface area contributed by atoms with Crippen LogP contribution in [0.25, 0.3) is 22.3 Å². The highest BCUT2D eigenvalue weighted by Gasteiger charge is 2.39. The molecule has 0 aliphatic carbocycles. The number of rotatable bonds is 3. The van der Waals surface area contributed by atoms with E-state index < -0.39 is 53.0 Å². The van der Waals surface area contributed by atoms with Gasteiger partial charge in [0.25, 0.3) is 0 Å². The lowest BCUT2D eigenvalue weighted by Crippen LogP contribution is -2.54. The summed E-state index contributed by atoms with van der Waals surface area (Å²) in [6.45, 7) is -0.300. The number of phenols is 4. The molecule has 4 atom stereocenters. The van der Waals surface area contributed by atoms with E-state index in [1.807, 2.05) is 0 Å². The molecule has 164 valence electrons. The topological polar surface area (TPSA) is 190 Å². The average Bonchev–Trinajstić information content (AvgIpc) is 2.70. The molecule has 4 unspecified atom stereocenters. The minimum absolute atomic E-state index is 0.0873. The second-order valence-corrected chi connectivity index (χ2v) is 7.02. The SMILES string of the molecule is O=c1cc(-c2cc(O)c(O)cc2O)oc2cc(OC3OCC(O)C(O)C3O)cc(O)c12. The van der Waals surface area contributed by atoms with Crippen LogP contribution in [0.15, 0.2) is 39.5 Å². The number of fused-ring (bicyclic) bond motifs is 1. The van der Waals surface area contributed by atoms with Crippen molar-refractivity contribution in [3.8, 4) is 40.1 Å². The number of aromatic hydroxyl groups is 4. The van der Waals surface area contributed by atoms with E-state index in [1.54, 1.807) is 0 Å². The zero-order valence-electron chi connectivity index (χ0n) is 15.7. The van der Waals surface area contributed by atoms with Crippen LogP contribution in [-0.4, -0.2) is 67.0 Å². The highest BCUT2D eigenvalue weighted by Crippen LogP contribution is 2.39. The zero-order chi connectivity index (χ0) is 22.4. The van der Waals surface area contributed by atoms with Crippen LogP contribution in [0.2, 0.25) is 0 Å². The first-order chi connectivity index (χ1) is 14.7. The van der Waals surface area contributed by atoms with Crippen LogP contribution in [0, 0.1) is 0 Å². The predicted molar refractivity (Wildman–Crippen MR) is 103 cm³/mol. The monoisotopic (exact) mass is 434 g/mol. The maximum atomic E-state index is 12.5. The largest absolute Gasteiger partial charge is 0.507 e. The summed E-state index contributed by atoms with van der Waals surface area (Å²) in [5.74, 6) is -2.36. The van der Waals surface area contributed by atoms with Crippen molar-refractivity contribution in [2.24, 2.45) is 0 Å². The molecule has 1 aromatic heterocycles. The van der Waals surface area contributed by atoms with Gasteiger partial charge in [-0.1, -0.05) is 0 Å². The first-order valence-electron chi connectivity index (χ1n) is 9.04. The van der Waals surface area contributed by atoms with Crippen molar-refractivity contribution in [1.29, 1.82) is 0 Å². The molecule has 11 nitrogen and oxygen atoms in total. The molecule has 11 heteroatoms. The third-order valence-electron chi connectivity index (χ3n) is 4.85. The maximum Gasteiger partial charge on any atom is 0.228 e. The Balaban J connectivity index is 1.76. The molecule has 3 aromatic rings. The minimum Gasteiger partial charge on any atom is -0.507 e. The van der Waals surface area contributed by atoms with Crippen LogP contribution in [-0.2, 0) is 4.74 Å². The van der Waals surface area contributed by atoms with Crippen LogP contribution in [0.1, 0.15) is 0 Å². The molecule has 2 aromatic carbocycles. The average molecular weight is 434 g/mol. The zero-order valence-corrected chi connectivity index (χ0v) is 15.7. The number of hydrogen-bond donors (Lipinski definition) is 7. The van der Waals surface area contributed by atoms with E-state index >= 15 is 0 Å². The fourth-order valence-electron chi connectivity index (χ4n) is 3.22. The number of aliphatic hydroxyl groups excluding tert-OH is 3. The molecule has 0 radical (unpaired) electrons. The Kier molecular flexibility index (Phi) is 5.11. The summed E-state index contributed by atoms with van der Waals surface area (Å²) in [5.41, 5.74) is -0.918. The Hall–Kier alpha value is -3.51. The molecule has 7 N–H and O–H groups in total. The standard InChI is InChI=1S/C20H18O11/c21-9-4-11(23)10(22)3-8(9)15-5-13(25)17-12(24)1-7(2-16(17)31-15)30-20-19(28)18(27)14(26)6-29-20/h1-5,14,18-24,26-28H,6H2. The van der Waals surface area contributed by atoms with Gasteiger partial charge in [0.2, 0.25) is 6.29 Å². The molecule has 0 bridgehead atoms. The van der Waals surface area contributed by atoms with Gasteiger partial charge in [-0.05, 0) is 6.07 Å². The summed E-state index contributed by atoms with van der Waals surface area (Å²) in [4.78, 5) is 12.5. The van der Waals surface area contributed by atoms with Crippen molar-refractivity contribution in [1.82, 2.24) is 0 Å². The third kappa shape index (κ3) is 3.70. The highest BCUT2D eigenvalue weighted by atomic mass is 16.7. The lowest BCUT2D eigenvalue weighted by atomic mass is 10.1. The van der Waals surface area contributed by atoms with Crippen LogP contribution in [0.3, 0.4) is 0 Å². The molecule has 1 saturated heterocycles. The molecular weight excluding hydrogens is 416 g/mol. The Morgan fingerprint density at radius 3 is 2.29 bits per heavy atom. The van der Waals surface area contributed by atoms with Crippen LogP contribution in [0.4, 0.5) is 0 Å². The van der Waals surface area contributed by atoms with E-state index in [-0.39, 0.29) is 34.6 Å². The predicted octanol–water partition coefficient (Wildman–Crippen LogP) is 0.100. The van der Waals surface area contributed by atoms with E-state index in [4.69, 9.17) is 13.9 Å². The van der Waals surface area contributed by atoms with Gasteiger partial charge in [0.05, 0.1) is 12.2 Å². The number of aliphatic hydroxyl groups is 3. The van der Waals surface area contributed by atoms with Gasteiger partial charge in [-0.15, -0.1) is 0 Å². The van der Waals surface area contributed by atoms with Crippen molar-refractivity contribution >= 4 is 11.0 Å². The van der Waals surface area contributed by atoms with Gasteiger partial charge in [0, 0.05) is 24.3 Å². The third-order valence-corrected chi connectivity index (χ3v) is 4.85. The Morgan fingerprint density at radius 2 is 1.55 bits per heavy atom. The fourth-order valence-corrected chi connectivity index (χ4v) is 3.22. The van der Waals surface area contributed by atoms with Crippen LogP contribution >= 0.6 is 0 Å². The van der Waals surface area contributed by atoms with Gasteiger partial charge < -0.3 is 49.6 Å². The molecule has 1 fully saturated rings. The second-order valence-electron chi connectivity index (χ2n) is 7.02. The normalized spacial score (nSPS) is 23.7. The first kappa shape index (κ1) is 20.8. The van der Waals surface area contributed by atoms with Crippen molar-refractivity contribution in [3.63, 3.8) is 0 Å². The second kappa shape index (κ2) is 7.63. The summed E-state index contributed by atoms with van der Waals surface area (Å²) in [5, 5.41) is 68.5. The first-order valence-corrected chi connectivity index (χ1v) is 9.04. The summed E-state index contributed by atoms with van der Waals surface area (Å²) in [7, 11) is 0. The van der Waals surface area contributed by atoms with Crippen molar-refractivity contribution in [2.45, 2.75) is 24.6 Å². The van der Waals surface area contributed by atoms with Crippen molar-refractivity contribution < 1.29 is 49.6 Å². The Labute approximate surface area is 173 Å². The number of phenolic OH excluding ortho intramolecular Hbond substituents is 4. The summed E-state index contributed by atoms with van der Waals surface area (Å²) >= 11 is 0. The van der Waals surface area contributed by atoms with Gasteiger partial charge >= 0.3 is 0 Å². The minimum atomic E-state index is -1.59. The number of hydrogen-bond acceptors (Lipinski definition) is 11. The van der Waals surface area contributed by atoms with Gasteiger partial charge in [-0.3, -0.25) is 4.79 Å². The molecule has 0 amide bonds. The molecule has 0 saturated carbocycles. The van der Waals surface area contributed by atoms with Gasteiger partial charge in [0.1, 0.15) is 52.3 Å². The van der Waals surface area contributed by atoms with E-state index in [1.165, 1.54) is 6.07 Å². The molecule has 1 aliphatic rings. The lowest BCUT2D eigenvalue weighted by molar-refractivity contribution is -0.242. The van der Waals surface area contributed by atoms with Crippen LogP contribution in [0.5, 0.6) is 28.7 Å². The number of ether oxygens (including phenoxy) is 2. The summed E-state index contributed by atoms with van der Waals surface area (Å²) in [6.07, 6.45) is -5.77. The van der Waals surface area contributed by atoms with Crippen molar-refractivity contribution in [3.05, 3.63) is 40.6 Å². The van der Waals surface area contributed by atoms with Gasteiger partial charge in [0.15, 0.2) is 16.9 Å². The van der Waals surface area contributed by atoms with Crippen LogP contribution < -0.4 is 10.2 Å². The Morgan fingerprint density at radius 1 is 0.839 bits per heavy atom. The molecule has 0 spiro atoms. The smallest absolute Gasteiger partial charge is 0.228 e. The molecule has 31 heavy (non-hydrogen) atoms. The van der Waals surface area contributed by atoms with Gasteiger partial charge in [-0.2, -0.15) is 0 Å². The Bertz CT molecular complexity index is 1200. The number of benzene rings is 2. The maximum absolute atomic E-state index is 12.5. The highest BCUT2D eigenvalue weighted by molar-refractivity contribution is 5.86. The van der Waals surface area contributed by atoms with Gasteiger partial charge in [-0.25, -0.2) is 0 Å². The fraction of sp³-hybridized carbons (Fsp3) is 0.250. The molecule has 1 aliphatic heterocycles. The molecule has 2 heterocycles. The van der Waals surface area contributed by atoms with E-state index in [0.717, 1.165) is 24.3 Å². The van der Waals surface area contributed by atoms with E-state index in [2.05, 4.69) is 0 Å². The quantitative estimate of drug-likeness (QED) is 0.219.